The van der Waals surface area contributed by atoms with Crippen molar-refractivity contribution in [2.75, 3.05) is 18.0 Å². The third-order valence-corrected chi connectivity index (χ3v) is 4.89. The minimum absolute atomic E-state index is 0.258. The van der Waals surface area contributed by atoms with Gasteiger partial charge in [-0.15, -0.1) is 0 Å². The molecule has 0 saturated carbocycles. The molecule has 1 atom stereocenters. The molecule has 1 N–H and O–H groups in total. The topological polar surface area (TPSA) is 53.9 Å². The van der Waals surface area contributed by atoms with Crippen molar-refractivity contribution in [1.29, 1.82) is 0 Å². The molecule has 5 nitrogen and oxygen atoms in total. The first-order chi connectivity index (χ1) is 13.3. The number of rotatable bonds is 5. The van der Waals surface area contributed by atoms with Crippen molar-refractivity contribution in [2.45, 2.75) is 25.9 Å². The van der Waals surface area contributed by atoms with Crippen LogP contribution >= 0.6 is 0 Å². The number of halogens is 1. The number of pyridine rings is 1. The van der Waals surface area contributed by atoms with Gasteiger partial charge >= 0.3 is 0 Å². The maximum Gasteiger partial charge on any atom is 0.227 e. The Morgan fingerprint density at radius 3 is 2.56 bits per heavy atom. The monoisotopic (exact) mass is 363 g/mol. The van der Waals surface area contributed by atoms with E-state index in [1.54, 1.807) is 24.5 Å². The molecule has 1 fully saturated rings. The van der Waals surface area contributed by atoms with E-state index in [1.165, 1.54) is 12.1 Å². The first-order valence-electron chi connectivity index (χ1n) is 9.29. The number of aromatic nitrogens is 3. The fourth-order valence-corrected chi connectivity index (χ4v) is 3.51. The first kappa shape index (κ1) is 17.5. The average molecular weight is 363 g/mol. The predicted octanol–water partition coefficient (Wildman–Crippen LogP) is 3.88. The smallest absolute Gasteiger partial charge is 0.227 e. The van der Waals surface area contributed by atoms with Crippen molar-refractivity contribution in [3.63, 3.8) is 0 Å². The van der Waals surface area contributed by atoms with Gasteiger partial charge in [0.05, 0.1) is 11.9 Å². The third-order valence-electron chi connectivity index (χ3n) is 4.89. The zero-order valence-corrected chi connectivity index (χ0v) is 15.3. The van der Waals surface area contributed by atoms with Crippen LogP contribution in [0.2, 0.25) is 0 Å². The molecule has 3 aromatic rings. The lowest BCUT2D eigenvalue weighted by molar-refractivity contribution is 0.557. The highest BCUT2D eigenvalue weighted by Crippen LogP contribution is 2.31. The van der Waals surface area contributed by atoms with E-state index in [0.29, 0.717) is 5.95 Å². The van der Waals surface area contributed by atoms with E-state index in [-0.39, 0.29) is 12.0 Å². The SMILES string of the molecule is CCN(c1ncc(-c2ccc(F)cc2)c(-c2ccncc2)n1)C1CCCN1. The van der Waals surface area contributed by atoms with Gasteiger partial charge in [-0.25, -0.2) is 14.4 Å². The van der Waals surface area contributed by atoms with Gasteiger partial charge in [0.25, 0.3) is 0 Å². The molecule has 138 valence electrons. The van der Waals surface area contributed by atoms with Crippen LogP contribution in [0, 0.1) is 5.82 Å². The van der Waals surface area contributed by atoms with Crippen LogP contribution in [0.15, 0.2) is 55.0 Å². The first-order valence-corrected chi connectivity index (χ1v) is 9.29. The molecular weight excluding hydrogens is 341 g/mol. The second-order valence-corrected chi connectivity index (χ2v) is 6.57. The molecule has 0 bridgehead atoms. The number of benzene rings is 1. The maximum atomic E-state index is 13.4. The highest BCUT2D eigenvalue weighted by Gasteiger charge is 2.24. The molecular formula is C21H22FN5. The average Bonchev–Trinajstić information content (AvgIpc) is 3.24. The molecule has 1 saturated heterocycles. The largest absolute Gasteiger partial charge is 0.326 e. The van der Waals surface area contributed by atoms with Crippen molar-refractivity contribution >= 4 is 5.95 Å². The summed E-state index contributed by atoms with van der Waals surface area (Å²) in [5.41, 5.74) is 3.55. The fourth-order valence-electron chi connectivity index (χ4n) is 3.51. The van der Waals surface area contributed by atoms with E-state index in [0.717, 1.165) is 48.3 Å². The molecule has 0 spiro atoms. The lowest BCUT2D eigenvalue weighted by atomic mass is 10.0. The third kappa shape index (κ3) is 3.66. The Morgan fingerprint density at radius 1 is 1.11 bits per heavy atom. The second kappa shape index (κ2) is 7.80. The highest BCUT2D eigenvalue weighted by atomic mass is 19.1. The van der Waals surface area contributed by atoms with Gasteiger partial charge in [0.15, 0.2) is 0 Å². The zero-order valence-electron chi connectivity index (χ0n) is 15.3. The Kier molecular flexibility index (Phi) is 5.07. The lowest BCUT2D eigenvalue weighted by Gasteiger charge is -2.28. The molecule has 1 aliphatic heterocycles. The summed E-state index contributed by atoms with van der Waals surface area (Å²) < 4.78 is 13.4. The summed E-state index contributed by atoms with van der Waals surface area (Å²) in [6.07, 6.45) is 7.84. The molecule has 3 heterocycles. The minimum atomic E-state index is -0.258. The molecule has 1 aliphatic rings. The number of hydrogen-bond acceptors (Lipinski definition) is 5. The Bertz CT molecular complexity index is 892. The molecule has 4 rings (SSSR count). The quantitative estimate of drug-likeness (QED) is 0.745. The minimum Gasteiger partial charge on any atom is -0.326 e. The maximum absolute atomic E-state index is 13.4. The van der Waals surface area contributed by atoms with Crippen molar-refractivity contribution < 1.29 is 4.39 Å². The van der Waals surface area contributed by atoms with E-state index in [2.05, 4.69) is 27.1 Å². The Hall–Kier alpha value is -2.86. The van der Waals surface area contributed by atoms with E-state index >= 15 is 0 Å². The van der Waals surface area contributed by atoms with Crippen LogP contribution in [0.25, 0.3) is 22.4 Å². The number of hydrogen-bond donors (Lipinski definition) is 1. The summed E-state index contributed by atoms with van der Waals surface area (Å²) in [5, 5.41) is 3.51. The second-order valence-electron chi connectivity index (χ2n) is 6.57. The van der Waals surface area contributed by atoms with Gasteiger partial charge in [-0.1, -0.05) is 12.1 Å². The van der Waals surface area contributed by atoms with Gasteiger partial charge in [0, 0.05) is 36.3 Å². The van der Waals surface area contributed by atoms with Crippen molar-refractivity contribution in [1.82, 2.24) is 20.3 Å². The van der Waals surface area contributed by atoms with Crippen LogP contribution < -0.4 is 10.2 Å². The summed E-state index contributed by atoms with van der Waals surface area (Å²) in [4.78, 5) is 15.9. The van der Waals surface area contributed by atoms with Crippen LogP contribution in [0.3, 0.4) is 0 Å². The molecule has 0 radical (unpaired) electrons. The van der Waals surface area contributed by atoms with E-state index < -0.39 is 0 Å². The van der Waals surface area contributed by atoms with Crippen LogP contribution in [0.1, 0.15) is 19.8 Å². The van der Waals surface area contributed by atoms with Gasteiger partial charge in [0.1, 0.15) is 5.82 Å². The summed E-state index contributed by atoms with van der Waals surface area (Å²) in [6.45, 7) is 3.96. The van der Waals surface area contributed by atoms with Crippen LogP contribution in [0.5, 0.6) is 0 Å². The van der Waals surface area contributed by atoms with Crippen molar-refractivity contribution in [3.8, 4) is 22.4 Å². The molecule has 0 amide bonds. The summed E-state index contributed by atoms with van der Waals surface area (Å²) in [6, 6.07) is 10.3. The number of nitrogens with zero attached hydrogens (tertiary/aromatic N) is 4. The van der Waals surface area contributed by atoms with Crippen molar-refractivity contribution in [3.05, 3.63) is 60.8 Å². The molecule has 6 heteroatoms. The lowest BCUT2D eigenvalue weighted by Crippen LogP contribution is -2.42. The van der Waals surface area contributed by atoms with E-state index in [1.807, 2.05) is 18.3 Å². The molecule has 0 aliphatic carbocycles. The molecule has 1 unspecified atom stereocenters. The molecule has 1 aromatic carbocycles. The van der Waals surface area contributed by atoms with E-state index in [4.69, 9.17) is 4.98 Å². The van der Waals surface area contributed by atoms with Gasteiger partial charge < -0.3 is 4.90 Å². The van der Waals surface area contributed by atoms with Crippen molar-refractivity contribution in [2.24, 2.45) is 0 Å². The Labute approximate surface area is 158 Å². The van der Waals surface area contributed by atoms with E-state index in [9.17, 15) is 4.39 Å². The Morgan fingerprint density at radius 2 is 1.89 bits per heavy atom. The summed E-state index contributed by atoms with van der Waals surface area (Å²) in [5.74, 6) is 0.445. The van der Waals surface area contributed by atoms with Gasteiger partial charge in [-0.2, -0.15) is 0 Å². The molecule has 27 heavy (non-hydrogen) atoms. The summed E-state index contributed by atoms with van der Waals surface area (Å²) in [7, 11) is 0. The van der Waals surface area contributed by atoms with Gasteiger partial charge in [-0.3, -0.25) is 10.3 Å². The van der Waals surface area contributed by atoms with Crippen LogP contribution in [-0.4, -0.2) is 34.2 Å². The van der Waals surface area contributed by atoms with Gasteiger partial charge in [-0.05, 0) is 56.1 Å². The summed E-state index contributed by atoms with van der Waals surface area (Å²) >= 11 is 0. The van der Waals surface area contributed by atoms with Crippen LogP contribution in [-0.2, 0) is 0 Å². The van der Waals surface area contributed by atoms with Crippen LogP contribution in [0.4, 0.5) is 10.3 Å². The Balaban J connectivity index is 1.81. The normalized spacial score (nSPS) is 16.4. The predicted molar refractivity (Wildman–Crippen MR) is 105 cm³/mol. The number of anilines is 1. The molecule has 2 aromatic heterocycles. The highest BCUT2D eigenvalue weighted by molar-refractivity contribution is 5.80. The zero-order chi connectivity index (χ0) is 18.6. The standard InChI is InChI=1S/C21H22FN5/c1-2-27(19-4-3-11-24-19)21-25-14-18(15-5-7-17(22)8-6-15)20(26-21)16-9-12-23-13-10-16/h5-10,12-14,19,24H,2-4,11H2,1H3. The number of nitrogens with one attached hydrogen (secondary N) is 1. The van der Waals surface area contributed by atoms with Gasteiger partial charge in [0.2, 0.25) is 5.95 Å². The fraction of sp³-hybridized carbons (Fsp3) is 0.286.